The van der Waals surface area contributed by atoms with E-state index in [4.69, 9.17) is 4.42 Å². The number of rotatable bonds is 4. The van der Waals surface area contributed by atoms with Gasteiger partial charge in [-0.05, 0) is 59.9 Å². The summed E-state index contributed by atoms with van der Waals surface area (Å²) in [5.41, 5.74) is 1.33. The number of halogens is 4. The number of hydrogen-bond donors (Lipinski definition) is 0. The highest BCUT2D eigenvalue weighted by Gasteiger charge is 2.35. The van der Waals surface area contributed by atoms with Crippen LogP contribution in [-0.2, 0) is 17.4 Å². The van der Waals surface area contributed by atoms with Crippen LogP contribution in [0.2, 0.25) is 0 Å². The first-order valence-electron chi connectivity index (χ1n) is 10.9. The predicted octanol–water partition coefficient (Wildman–Crippen LogP) is 6.56. The second-order valence-electron chi connectivity index (χ2n) is 8.33. The second-order valence-corrected chi connectivity index (χ2v) is 8.33. The van der Waals surface area contributed by atoms with Crippen molar-refractivity contribution in [3.8, 4) is 11.1 Å². The van der Waals surface area contributed by atoms with Crippen LogP contribution in [-0.4, -0.2) is 22.3 Å². The van der Waals surface area contributed by atoms with Crippen molar-refractivity contribution in [2.75, 3.05) is 6.54 Å². The van der Waals surface area contributed by atoms with Crippen LogP contribution < -0.4 is 0 Å². The minimum absolute atomic E-state index is 0.0680. The molecule has 0 saturated carbocycles. The molecule has 5 rings (SSSR count). The Bertz CT molecular complexity index is 1350. The third kappa shape index (κ3) is 4.27. The number of likely N-dealkylation sites (tertiary alicyclic amines) is 1. The molecule has 0 bridgehead atoms. The van der Waals surface area contributed by atoms with Crippen molar-refractivity contribution in [2.45, 2.75) is 31.5 Å². The minimum Gasteiger partial charge on any atom is -0.438 e. The maximum Gasteiger partial charge on any atom is 0.417 e. The zero-order chi connectivity index (χ0) is 23.9. The Morgan fingerprint density at radius 1 is 1.06 bits per heavy atom. The second kappa shape index (κ2) is 8.59. The summed E-state index contributed by atoms with van der Waals surface area (Å²) in [5, 5.41) is 0. The van der Waals surface area contributed by atoms with Crippen LogP contribution in [0.3, 0.4) is 0 Å². The van der Waals surface area contributed by atoms with Crippen LogP contribution in [0, 0.1) is 5.82 Å². The molecule has 1 fully saturated rings. The van der Waals surface area contributed by atoms with Gasteiger partial charge in [-0.25, -0.2) is 9.37 Å². The van der Waals surface area contributed by atoms with Gasteiger partial charge in [-0.15, -0.1) is 0 Å². The first kappa shape index (κ1) is 22.1. The third-order valence-electron chi connectivity index (χ3n) is 6.07. The molecule has 0 aliphatic carbocycles. The number of carbonyl (C=O) groups is 1. The number of fused-ring (bicyclic) bond motifs is 1. The van der Waals surface area contributed by atoms with Crippen molar-refractivity contribution in [1.29, 1.82) is 0 Å². The Labute approximate surface area is 192 Å². The van der Waals surface area contributed by atoms with Gasteiger partial charge in [0.15, 0.2) is 5.58 Å². The largest absolute Gasteiger partial charge is 0.438 e. The average Bonchev–Trinajstić information content (AvgIpc) is 3.46. The molecule has 3 aromatic carbocycles. The first-order chi connectivity index (χ1) is 16.3. The standard InChI is InChI=1S/C26H20F4N2O2/c27-18-10-7-16(8-11-18)14-24(33)32-13-3-6-22(32)25-31-21-15-17(9-12-23(21)34-25)19-4-1-2-5-20(19)26(28,29)30/h1-2,4-5,7-12,15,22H,3,6,13-14H2/t22-/m1/s1. The lowest BCUT2D eigenvalue weighted by atomic mass is 9.99. The summed E-state index contributed by atoms with van der Waals surface area (Å²) in [6, 6.07) is 15.6. The lowest BCUT2D eigenvalue weighted by Gasteiger charge is -2.22. The summed E-state index contributed by atoms with van der Waals surface area (Å²) in [6.07, 6.45) is -2.89. The lowest BCUT2D eigenvalue weighted by molar-refractivity contribution is -0.137. The van der Waals surface area contributed by atoms with Crippen molar-refractivity contribution in [3.63, 3.8) is 0 Å². The Morgan fingerprint density at radius 2 is 1.82 bits per heavy atom. The van der Waals surface area contributed by atoms with E-state index in [2.05, 4.69) is 4.98 Å². The molecule has 4 aromatic rings. The lowest BCUT2D eigenvalue weighted by Crippen LogP contribution is -2.32. The molecule has 1 saturated heterocycles. The highest BCUT2D eigenvalue weighted by Crippen LogP contribution is 2.39. The van der Waals surface area contributed by atoms with E-state index in [1.807, 2.05) is 0 Å². The summed E-state index contributed by atoms with van der Waals surface area (Å²) in [6.45, 7) is 0.549. The molecule has 0 radical (unpaired) electrons. The highest BCUT2D eigenvalue weighted by atomic mass is 19.4. The maximum absolute atomic E-state index is 13.5. The normalized spacial score (nSPS) is 16.4. The van der Waals surface area contributed by atoms with Gasteiger partial charge in [-0.2, -0.15) is 13.2 Å². The van der Waals surface area contributed by atoms with E-state index >= 15 is 0 Å². The summed E-state index contributed by atoms with van der Waals surface area (Å²) >= 11 is 0. The highest BCUT2D eigenvalue weighted by molar-refractivity contribution is 5.82. The van der Waals surface area contributed by atoms with Gasteiger partial charge >= 0.3 is 6.18 Å². The average molecular weight is 468 g/mol. The van der Waals surface area contributed by atoms with Crippen molar-refractivity contribution < 1.29 is 26.8 Å². The van der Waals surface area contributed by atoms with E-state index in [1.54, 1.807) is 41.3 Å². The van der Waals surface area contributed by atoms with Crippen LogP contribution in [0.5, 0.6) is 0 Å². The third-order valence-corrected chi connectivity index (χ3v) is 6.07. The Morgan fingerprint density at radius 3 is 2.59 bits per heavy atom. The molecule has 1 amide bonds. The molecule has 1 aromatic heterocycles. The van der Waals surface area contributed by atoms with E-state index in [-0.39, 0.29) is 29.8 Å². The van der Waals surface area contributed by atoms with Crippen LogP contribution in [0.15, 0.2) is 71.1 Å². The monoisotopic (exact) mass is 468 g/mol. The topological polar surface area (TPSA) is 46.3 Å². The Kier molecular flexibility index (Phi) is 5.59. The van der Waals surface area contributed by atoms with Crippen molar-refractivity contribution in [2.24, 2.45) is 0 Å². The van der Waals surface area contributed by atoms with Gasteiger partial charge in [0.05, 0.1) is 12.0 Å². The molecule has 0 N–H and O–H groups in total. The van der Waals surface area contributed by atoms with Gasteiger partial charge < -0.3 is 9.32 Å². The molecule has 4 nitrogen and oxygen atoms in total. The van der Waals surface area contributed by atoms with Gasteiger partial charge in [0.2, 0.25) is 11.8 Å². The fourth-order valence-electron chi connectivity index (χ4n) is 4.44. The van der Waals surface area contributed by atoms with Gasteiger partial charge in [-0.3, -0.25) is 4.79 Å². The van der Waals surface area contributed by atoms with E-state index in [1.165, 1.54) is 24.3 Å². The molecule has 1 aliphatic heterocycles. The Balaban J connectivity index is 1.42. The summed E-state index contributed by atoms with van der Waals surface area (Å²) in [4.78, 5) is 19.2. The van der Waals surface area contributed by atoms with Crippen LogP contribution in [0.1, 0.15) is 35.9 Å². The molecular formula is C26H20F4N2O2. The smallest absolute Gasteiger partial charge is 0.417 e. The van der Waals surface area contributed by atoms with Crippen molar-refractivity contribution >= 4 is 17.0 Å². The number of benzene rings is 3. The Hall–Kier alpha value is -3.68. The number of nitrogens with zero attached hydrogens (tertiary/aromatic N) is 2. The molecule has 0 spiro atoms. The zero-order valence-corrected chi connectivity index (χ0v) is 18.0. The number of oxazole rings is 1. The van der Waals surface area contributed by atoms with Crippen LogP contribution in [0.4, 0.5) is 17.6 Å². The SMILES string of the molecule is O=C(Cc1ccc(F)cc1)N1CCC[C@@H]1c1nc2cc(-c3ccccc3C(F)(F)F)ccc2o1. The molecular weight excluding hydrogens is 448 g/mol. The summed E-state index contributed by atoms with van der Waals surface area (Å²) in [7, 11) is 0. The fraction of sp³-hybridized carbons (Fsp3) is 0.231. The molecule has 0 unspecified atom stereocenters. The van der Waals surface area contributed by atoms with E-state index in [0.29, 0.717) is 41.1 Å². The molecule has 1 atom stereocenters. The predicted molar refractivity (Wildman–Crippen MR) is 118 cm³/mol. The molecule has 174 valence electrons. The van der Waals surface area contributed by atoms with Gasteiger partial charge in [-0.1, -0.05) is 36.4 Å². The van der Waals surface area contributed by atoms with Crippen molar-refractivity contribution in [3.05, 3.63) is 89.6 Å². The van der Waals surface area contributed by atoms with Crippen LogP contribution in [0.25, 0.3) is 22.2 Å². The summed E-state index contributed by atoms with van der Waals surface area (Å²) in [5.74, 6) is -0.115. The quantitative estimate of drug-likeness (QED) is 0.319. The number of alkyl halides is 3. The van der Waals surface area contributed by atoms with Crippen molar-refractivity contribution in [1.82, 2.24) is 9.88 Å². The maximum atomic E-state index is 13.5. The number of aromatic nitrogens is 1. The number of amides is 1. The molecule has 1 aliphatic rings. The fourth-order valence-corrected chi connectivity index (χ4v) is 4.44. The summed E-state index contributed by atoms with van der Waals surface area (Å²) < 4.78 is 59.4. The van der Waals surface area contributed by atoms with Crippen LogP contribution >= 0.6 is 0 Å². The molecule has 2 heterocycles. The van der Waals surface area contributed by atoms with Gasteiger partial charge in [0.25, 0.3) is 0 Å². The van der Waals surface area contributed by atoms with Gasteiger partial charge in [0.1, 0.15) is 17.4 Å². The number of hydrogen-bond acceptors (Lipinski definition) is 3. The minimum atomic E-state index is -4.48. The number of carbonyl (C=O) groups excluding carboxylic acids is 1. The van der Waals surface area contributed by atoms with Gasteiger partial charge in [0, 0.05) is 6.54 Å². The molecule has 8 heteroatoms. The first-order valence-corrected chi connectivity index (χ1v) is 10.9. The van der Waals surface area contributed by atoms with E-state index in [0.717, 1.165) is 12.5 Å². The van der Waals surface area contributed by atoms with E-state index < -0.39 is 11.7 Å². The van der Waals surface area contributed by atoms with E-state index in [9.17, 15) is 22.4 Å². The molecule has 34 heavy (non-hydrogen) atoms. The zero-order valence-electron chi connectivity index (χ0n) is 18.0.